The third kappa shape index (κ3) is 4.13. The number of amides is 2. The number of ether oxygens (including phenoxy) is 3. The highest BCUT2D eigenvalue weighted by atomic mass is 16.5. The van der Waals surface area contributed by atoms with Crippen molar-refractivity contribution < 1.29 is 23.8 Å². The van der Waals surface area contributed by atoms with E-state index in [0.717, 1.165) is 11.1 Å². The Morgan fingerprint density at radius 2 is 1.21 bits per heavy atom. The third-order valence-corrected chi connectivity index (χ3v) is 5.02. The Morgan fingerprint density at radius 3 is 1.59 bits per heavy atom. The van der Waals surface area contributed by atoms with Crippen molar-refractivity contribution in [2.45, 2.75) is 26.7 Å². The van der Waals surface area contributed by atoms with Crippen LogP contribution in [0.25, 0.3) is 0 Å². The Hall–Kier alpha value is -3.22. The average molecular weight is 398 g/mol. The number of methoxy groups -OCH3 is 3. The largest absolute Gasteiger partial charge is 0.493 e. The van der Waals surface area contributed by atoms with Crippen LogP contribution in [0.5, 0.6) is 17.2 Å². The van der Waals surface area contributed by atoms with Crippen molar-refractivity contribution in [1.29, 1.82) is 0 Å². The molecule has 0 atom stereocenters. The summed E-state index contributed by atoms with van der Waals surface area (Å²) in [5.74, 6) is 0.626. The molecule has 1 aliphatic rings. The Bertz CT molecular complexity index is 905. The maximum Gasteiger partial charge on any atom is 0.240 e. The molecule has 0 aliphatic heterocycles. The van der Waals surface area contributed by atoms with E-state index >= 15 is 0 Å². The van der Waals surface area contributed by atoms with Crippen molar-refractivity contribution in [3.8, 4) is 17.2 Å². The van der Waals surface area contributed by atoms with Crippen LogP contribution in [-0.2, 0) is 9.59 Å². The van der Waals surface area contributed by atoms with Crippen LogP contribution in [0, 0.1) is 19.3 Å². The lowest BCUT2D eigenvalue weighted by molar-refractivity contribution is -0.131. The molecule has 7 nitrogen and oxygen atoms in total. The standard InChI is InChI=1S/C22H26N2O5/c1-13-8-14(2)10-15(9-13)23-20(25)22(6-7-22)21(26)24-16-11-17(27-3)19(29-5)18(12-16)28-4/h8-12H,6-7H2,1-5H3,(H,23,25)(H,24,26). The predicted octanol–water partition coefficient (Wildman–Crippen LogP) is 3.69. The van der Waals surface area contributed by atoms with Crippen molar-refractivity contribution in [3.05, 3.63) is 41.5 Å². The molecule has 2 amide bonds. The fourth-order valence-corrected chi connectivity index (χ4v) is 3.38. The van der Waals surface area contributed by atoms with E-state index in [0.29, 0.717) is 41.5 Å². The van der Waals surface area contributed by atoms with Gasteiger partial charge in [-0.1, -0.05) is 6.07 Å². The van der Waals surface area contributed by atoms with Crippen LogP contribution in [0.1, 0.15) is 24.0 Å². The second-order valence-electron chi connectivity index (χ2n) is 7.28. The zero-order valence-corrected chi connectivity index (χ0v) is 17.3. The lowest BCUT2D eigenvalue weighted by atomic mass is 10.0. The molecule has 0 radical (unpaired) electrons. The normalized spacial score (nSPS) is 14.0. The maximum atomic E-state index is 12.9. The number of hydrogen-bond acceptors (Lipinski definition) is 5. The topological polar surface area (TPSA) is 85.9 Å². The number of aryl methyl sites for hydroxylation is 2. The number of rotatable bonds is 7. The lowest BCUT2D eigenvalue weighted by Crippen LogP contribution is -2.35. The first kappa shape index (κ1) is 20.5. The first-order valence-corrected chi connectivity index (χ1v) is 9.34. The van der Waals surface area contributed by atoms with Crippen LogP contribution < -0.4 is 24.8 Å². The monoisotopic (exact) mass is 398 g/mol. The smallest absolute Gasteiger partial charge is 0.240 e. The summed E-state index contributed by atoms with van der Waals surface area (Å²) in [4.78, 5) is 25.8. The molecule has 2 aromatic rings. The van der Waals surface area contributed by atoms with Gasteiger partial charge in [0.1, 0.15) is 5.41 Å². The molecule has 0 bridgehead atoms. The number of nitrogens with one attached hydrogen (secondary N) is 2. The van der Waals surface area contributed by atoms with Gasteiger partial charge in [0.2, 0.25) is 17.6 Å². The van der Waals surface area contributed by atoms with E-state index < -0.39 is 5.41 Å². The molecule has 0 unspecified atom stereocenters. The van der Waals surface area contributed by atoms with Crippen molar-refractivity contribution >= 4 is 23.2 Å². The second-order valence-corrected chi connectivity index (χ2v) is 7.28. The minimum Gasteiger partial charge on any atom is -0.493 e. The van der Waals surface area contributed by atoms with Crippen LogP contribution in [-0.4, -0.2) is 33.1 Å². The van der Waals surface area contributed by atoms with Gasteiger partial charge in [0.05, 0.1) is 21.3 Å². The van der Waals surface area contributed by atoms with Gasteiger partial charge in [0.25, 0.3) is 0 Å². The Balaban J connectivity index is 1.79. The summed E-state index contributed by atoms with van der Waals surface area (Å²) in [5.41, 5.74) is 2.19. The van der Waals surface area contributed by atoms with Crippen molar-refractivity contribution in [2.75, 3.05) is 32.0 Å². The molecule has 0 heterocycles. The van der Waals surface area contributed by atoms with E-state index in [2.05, 4.69) is 10.6 Å². The number of hydrogen-bond donors (Lipinski definition) is 2. The second kappa shape index (κ2) is 8.03. The van der Waals surface area contributed by atoms with E-state index in [1.807, 2.05) is 32.0 Å². The van der Waals surface area contributed by atoms with E-state index in [-0.39, 0.29) is 11.8 Å². The van der Waals surface area contributed by atoms with Gasteiger partial charge >= 0.3 is 0 Å². The van der Waals surface area contributed by atoms with E-state index in [1.165, 1.54) is 21.3 Å². The van der Waals surface area contributed by atoms with Gasteiger partial charge in [-0.2, -0.15) is 0 Å². The molecule has 2 N–H and O–H groups in total. The van der Waals surface area contributed by atoms with E-state index in [9.17, 15) is 9.59 Å². The highest BCUT2D eigenvalue weighted by Crippen LogP contribution is 2.48. The summed E-state index contributed by atoms with van der Waals surface area (Å²) in [6, 6.07) is 9.07. The maximum absolute atomic E-state index is 12.9. The van der Waals surface area contributed by atoms with Gasteiger partial charge < -0.3 is 24.8 Å². The van der Waals surface area contributed by atoms with E-state index in [1.54, 1.807) is 12.1 Å². The fourth-order valence-electron chi connectivity index (χ4n) is 3.38. The van der Waals surface area contributed by atoms with Gasteiger partial charge in [0, 0.05) is 23.5 Å². The summed E-state index contributed by atoms with van der Waals surface area (Å²) in [6.45, 7) is 3.93. The molecule has 2 aromatic carbocycles. The fraction of sp³-hybridized carbons (Fsp3) is 0.364. The number of benzene rings is 2. The molecule has 3 rings (SSSR count). The van der Waals surface area contributed by atoms with Crippen LogP contribution in [0.2, 0.25) is 0 Å². The van der Waals surface area contributed by atoms with Crippen LogP contribution >= 0.6 is 0 Å². The quantitative estimate of drug-likeness (QED) is 0.695. The zero-order chi connectivity index (χ0) is 21.2. The van der Waals surface area contributed by atoms with Gasteiger partial charge in [0.15, 0.2) is 11.5 Å². The molecule has 154 valence electrons. The minimum absolute atomic E-state index is 0.299. The first-order chi connectivity index (χ1) is 13.8. The first-order valence-electron chi connectivity index (χ1n) is 9.34. The predicted molar refractivity (Wildman–Crippen MR) is 111 cm³/mol. The van der Waals surface area contributed by atoms with Gasteiger partial charge in [-0.3, -0.25) is 9.59 Å². The lowest BCUT2D eigenvalue weighted by Gasteiger charge is -2.18. The number of carbonyl (C=O) groups is 2. The zero-order valence-electron chi connectivity index (χ0n) is 17.3. The van der Waals surface area contributed by atoms with Gasteiger partial charge in [-0.25, -0.2) is 0 Å². The van der Waals surface area contributed by atoms with Crippen LogP contribution in [0.4, 0.5) is 11.4 Å². The SMILES string of the molecule is COc1cc(NC(=O)C2(C(=O)Nc3cc(C)cc(C)c3)CC2)cc(OC)c1OC. The summed E-state index contributed by atoms with van der Waals surface area (Å²) in [6.07, 6.45) is 1.000. The van der Waals surface area contributed by atoms with Crippen molar-refractivity contribution in [1.82, 2.24) is 0 Å². The molecule has 1 saturated carbocycles. The van der Waals surface area contributed by atoms with Crippen molar-refractivity contribution in [3.63, 3.8) is 0 Å². The minimum atomic E-state index is -1.07. The molecular weight excluding hydrogens is 372 g/mol. The summed E-state index contributed by atoms with van der Waals surface area (Å²) < 4.78 is 15.9. The molecule has 7 heteroatoms. The molecule has 0 saturated heterocycles. The van der Waals surface area contributed by atoms with Crippen molar-refractivity contribution in [2.24, 2.45) is 5.41 Å². The highest BCUT2D eigenvalue weighted by Gasteiger charge is 2.56. The molecular formula is C22H26N2O5. The summed E-state index contributed by atoms with van der Waals surface area (Å²) >= 11 is 0. The molecule has 0 aromatic heterocycles. The molecule has 1 aliphatic carbocycles. The number of carbonyl (C=O) groups excluding carboxylic acids is 2. The molecule has 29 heavy (non-hydrogen) atoms. The van der Waals surface area contributed by atoms with Crippen LogP contribution in [0.3, 0.4) is 0 Å². The summed E-state index contributed by atoms with van der Waals surface area (Å²) in [5, 5.41) is 5.71. The Kier molecular flexibility index (Phi) is 5.68. The van der Waals surface area contributed by atoms with Gasteiger partial charge in [-0.15, -0.1) is 0 Å². The Morgan fingerprint density at radius 1 is 0.759 bits per heavy atom. The average Bonchev–Trinajstić information content (AvgIpc) is 3.48. The van der Waals surface area contributed by atoms with Crippen LogP contribution in [0.15, 0.2) is 30.3 Å². The molecule has 1 fully saturated rings. The summed E-state index contributed by atoms with van der Waals surface area (Å²) in [7, 11) is 4.51. The third-order valence-electron chi connectivity index (χ3n) is 5.02. The van der Waals surface area contributed by atoms with Gasteiger partial charge in [-0.05, 0) is 49.9 Å². The number of anilines is 2. The Labute approximate surface area is 170 Å². The van der Waals surface area contributed by atoms with E-state index in [4.69, 9.17) is 14.2 Å². The molecule has 0 spiro atoms. The highest BCUT2D eigenvalue weighted by molar-refractivity contribution is 6.17.